The molecule has 188 valence electrons. The molecule has 8 nitrogen and oxygen atoms in total. The molecular formula is C29H30N6O2. The van der Waals surface area contributed by atoms with Crippen molar-refractivity contribution in [2.75, 3.05) is 7.11 Å². The van der Waals surface area contributed by atoms with Crippen molar-refractivity contribution in [3.8, 4) is 28.1 Å². The molecule has 4 N–H and O–H groups in total. The minimum absolute atomic E-state index is 0.0201. The van der Waals surface area contributed by atoms with Gasteiger partial charge in [0.15, 0.2) is 0 Å². The normalized spacial score (nSPS) is 17.8. The second-order valence-electron chi connectivity index (χ2n) is 9.81. The first kappa shape index (κ1) is 23.2. The van der Waals surface area contributed by atoms with Gasteiger partial charge in [0.2, 0.25) is 0 Å². The molecule has 0 saturated heterocycles. The average Bonchev–Trinajstić information content (AvgIpc) is 3.52. The molecule has 0 unspecified atom stereocenters. The number of aromatic amines is 1. The van der Waals surface area contributed by atoms with E-state index < -0.39 is 0 Å². The number of pyridine rings is 1. The molecule has 0 bridgehead atoms. The lowest BCUT2D eigenvalue weighted by atomic mass is 9.91. The molecule has 6 rings (SSSR count). The molecule has 2 aromatic carbocycles. The van der Waals surface area contributed by atoms with Crippen molar-refractivity contribution >= 4 is 27.7 Å². The number of nitrogens with two attached hydrogens (primary N) is 1. The van der Waals surface area contributed by atoms with Crippen molar-refractivity contribution in [2.45, 2.75) is 37.8 Å². The lowest BCUT2D eigenvalue weighted by molar-refractivity contribution is 0.0921. The molecule has 37 heavy (non-hydrogen) atoms. The van der Waals surface area contributed by atoms with Gasteiger partial charge < -0.3 is 20.8 Å². The summed E-state index contributed by atoms with van der Waals surface area (Å²) in [6.45, 7) is 0. The zero-order valence-electron chi connectivity index (χ0n) is 21.0. The van der Waals surface area contributed by atoms with Gasteiger partial charge in [0.05, 0.1) is 30.7 Å². The van der Waals surface area contributed by atoms with Crippen LogP contribution in [0.1, 0.15) is 36.0 Å². The molecule has 1 aliphatic carbocycles. The number of H-pyrrole nitrogens is 1. The Bertz CT molecular complexity index is 1600. The number of nitrogens with one attached hydrogen (secondary N) is 2. The fourth-order valence-electron chi connectivity index (χ4n) is 5.42. The molecule has 1 saturated carbocycles. The van der Waals surface area contributed by atoms with Gasteiger partial charge in [-0.15, -0.1) is 0 Å². The Labute approximate surface area is 214 Å². The number of hydrogen-bond acceptors (Lipinski definition) is 5. The van der Waals surface area contributed by atoms with Gasteiger partial charge in [-0.2, -0.15) is 5.10 Å². The summed E-state index contributed by atoms with van der Waals surface area (Å²) in [5.74, 6) is 0.678. The number of aryl methyl sites for hydroxylation is 1. The highest BCUT2D eigenvalue weighted by Gasteiger charge is 2.24. The molecule has 3 aromatic heterocycles. The smallest absolute Gasteiger partial charge is 0.251 e. The van der Waals surface area contributed by atoms with Crippen molar-refractivity contribution < 1.29 is 9.53 Å². The second kappa shape index (κ2) is 9.37. The third kappa shape index (κ3) is 4.23. The summed E-state index contributed by atoms with van der Waals surface area (Å²) >= 11 is 0. The molecule has 1 fully saturated rings. The number of ether oxygens (including phenoxy) is 1. The number of hydrogen-bond donors (Lipinski definition) is 3. The van der Waals surface area contributed by atoms with Gasteiger partial charge in [-0.3, -0.25) is 14.5 Å². The monoisotopic (exact) mass is 494 g/mol. The van der Waals surface area contributed by atoms with Crippen LogP contribution in [0.3, 0.4) is 0 Å². The van der Waals surface area contributed by atoms with E-state index in [1.54, 1.807) is 11.8 Å². The topological polar surface area (TPSA) is 111 Å². The van der Waals surface area contributed by atoms with Gasteiger partial charge in [-0.1, -0.05) is 25.0 Å². The standard InChI is InChI=1S/C29H30N6O2/c1-35-16-19(14-32-35)24-13-20-25(15-31-24)33-23-11-12-26(37-2)27(28(20)23)17-7-9-18(10-8-17)29(36)34-22-6-4-3-5-21(22)30/h7-16,21-22,33H,3-6,30H2,1-2H3,(H,34,36)/t21-,22-/m0/s1. The minimum Gasteiger partial charge on any atom is -0.496 e. The van der Waals surface area contributed by atoms with Crippen LogP contribution in [0.2, 0.25) is 0 Å². The summed E-state index contributed by atoms with van der Waals surface area (Å²) < 4.78 is 7.57. The molecule has 0 radical (unpaired) electrons. The predicted octanol–water partition coefficient (Wildman–Crippen LogP) is 4.79. The van der Waals surface area contributed by atoms with Gasteiger partial charge in [-0.25, -0.2) is 0 Å². The van der Waals surface area contributed by atoms with Gasteiger partial charge in [0.25, 0.3) is 5.91 Å². The average molecular weight is 495 g/mol. The van der Waals surface area contributed by atoms with Crippen LogP contribution >= 0.6 is 0 Å². The minimum atomic E-state index is -0.0849. The zero-order valence-corrected chi connectivity index (χ0v) is 21.0. The van der Waals surface area contributed by atoms with Crippen molar-refractivity contribution in [1.82, 2.24) is 25.1 Å². The quantitative estimate of drug-likeness (QED) is 0.325. The van der Waals surface area contributed by atoms with E-state index in [2.05, 4.69) is 26.4 Å². The molecule has 8 heteroatoms. The van der Waals surface area contributed by atoms with Crippen molar-refractivity contribution in [3.63, 3.8) is 0 Å². The Morgan fingerprint density at radius 1 is 1.08 bits per heavy atom. The molecule has 3 heterocycles. The maximum Gasteiger partial charge on any atom is 0.251 e. The van der Waals surface area contributed by atoms with E-state index in [-0.39, 0.29) is 18.0 Å². The van der Waals surface area contributed by atoms with E-state index in [1.807, 2.05) is 62.0 Å². The lowest BCUT2D eigenvalue weighted by Gasteiger charge is -2.29. The highest BCUT2D eigenvalue weighted by Crippen LogP contribution is 2.41. The highest BCUT2D eigenvalue weighted by molar-refractivity contribution is 6.16. The number of amides is 1. The number of rotatable bonds is 5. The van der Waals surface area contributed by atoms with E-state index in [4.69, 9.17) is 10.5 Å². The van der Waals surface area contributed by atoms with Crippen molar-refractivity contribution in [2.24, 2.45) is 12.8 Å². The number of benzene rings is 2. The lowest BCUT2D eigenvalue weighted by Crippen LogP contribution is -2.49. The number of nitrogens with zero attached hydrogens (tertiary/aromatic N) is 3. The summed E-state index contributed by atoms with van der Waals surface area (Å²) in [6.07, 6.45) is 9.74. The van der Waals surface area contributed by atoms with E-state index in [0.29, 0.717) is 5.56 Å². The van der Waals surface area contributed by atoms with Crippen molar-refractivity contribution in [1.29, 1.82) is 0 Å². The van der Waals surface area contributed by atoms with Crippen LogP contribution in [0.4, 0.5) is 0 Å². The third-order valence-electron chi connectivity index (χ3n) is 7.40. The van der Waals surface area contributed by atoms with Crippen LogP contribution < -0.4 is 15.8 Å². The number of methoxy groups -OCH3 is 1. The first-order chi connectivity index (χ1) is 18.0. The largest absolute Gasteiger partial charge is 0.496 e. The molecule has 1 aliphatic rings. The second-order valence-corrected chi connectivity index (χ2v) is 9.81. The van der Waals surface area contributed by atoms with Crippen molar-refractivity contribution in [3.05, 3.63) is 66.6 Å². The SMILES string of the molecule is COc1ccc2[nH]c3cnc(-c4cnn(C)c4)cc3c2c1-c1ccc(C(=O)N[C@H]2CCCC[C@@H]2N)cc1. The Morgan fingerprint density at radius 3 is 2.62 bits per heavy atom. The van der Waals surface area contributed by atoms with Crippen LogP contribution in [-0.2, 0) is 7.05 Å². The number of carbonyl (C=O) groups excluding carboxylic acids is 1. The fraction of sp³-hybridized carbons (Fsp3) is 0.276. The number of fused-ring (bicyclic) bond motifs is 3. The van der Waals surface area contributed by atoms with Gasteiger partial charge in [0, 0.05) is 58.3 Å². The molecule has 0 spiro atoms. The molecular weight excluding hydrogens is 464 g/mol. The maximum atomic E-state index is 12.9. The first-order valence-corrected chi connectivity index (χ1v) is 12.7. The Hall–Kier alpha value is -4.17. The molecule has 5 aromatic rings. The van der Waals surface area contributed by atoms with Crippen LogP contribution in [-0.4, -0.2) is 44.8 Å². The first-order valence-electron chi connectivity index (χ1n) is 12.7. The zero-order chi connectivity index (χ0) is 25.5. The van der Waals surface area contributed by atoms with Crippen LogP contribution in [0.15, 0.2) is 61.1 Å². The summed E-state index contributed by atoms with van der Waals surface area (Å²) in [5, 5.41) is 9.52. The summed E-state index contributed by atoms with van der Waals surface area (Å²) in [5.41, 5.74) is 12.5. The van der Waals surface area contributed by atoms with Crippen LogP contribution in [0, 0.1) is 0 Å². The fourth-order valence-corrected chi connectivity index (χ4v) is 5.42. The summed E-state index contributed by atoms with van der Waals surface area (Å²) in [7, 11) is 3.57. The molecule has 2 atom stereocenters. The summed E-state index contributed by atoms with van der Waals surface area (Å²) in [6, 6.07) is 13.8. The van der Waals surface area contributed by atoms with E-state index in [9.17, 15) is 4.79 Å². The number of aromatic nitrogens is 4. The maximum absolute atomic E-state index is 12.9. The van der Waals surface area contributed by atoms with Gasteiger partial charge in [-0.05, 0) is 48.7 Å². The van der Waals surface area contributed by atoms with E-state index in [0.717, 1.165) is 75.6 Å². The van der Waals surface area contributed by atoms with Crippen LogP contribution in [0.25, 0.3) is 44.2 Å². The Balaban J connectivity index is 1.41. The van der Waals surface area contributed by atoms with E-state index >= 15 is 0 Å². The Morgan fingerprint density at radius 2 is 1.89 bits per heavy atom. The highest BCUT2D eigenvalue weighted by atomic mass is 16.5. The van der Waals surface area contributed by atoms with Gasteiger partial charge >= 0.3 is 0 Å². The number of carbonyl (C=O) groups is 1. The predicted molar refractivity (Wildman–Crippen MR) is 145 cm³/mol. The Kier molecular flexibility index (Phi) is 5.88. The summed E-state index contributed by atoms with van der Waals surface area (Å²) in [4.78, 5) is 21.1. The molecule has 1 amide bonds. The van der Waals surface area contributed by atoms with E-state index in [1.165, 1.54) is 0 Å². The molecule has 0 aliphatic heterocycles. The van der Waals surface area contributed by atoms with Crippen LogP contribution in [0.5, 0.6) is 5.75 Å². The third-order valence-corrected chi connectivity index (χ3v) is 7.40. The van der Waals surface area contributed by atoms with Gasteiger partial charge in [0.1, 0.15) is 5.75 Å².